The van der Waals surface area contributed by atoms with E-state index in [1.165, 1.54) is 12.1 Å². The molecule has 94 valence electrons. The third kappa shape index (κ3) is 4.82. The monoisotopic (exact) mass is 242 g/mol. The summed E-state index contributed by atoms with van der Waals surface area (Å²) >= 11 is 0. The number of rotatable bonds is 7. The van der Waals surface area contributed by atoms with Crippen molar-refractivity contribution in [3.05, 3.63) is 29.6 Å². The first-order chi connectivity index (χ1) is 8.13. The minimum Gasteiger partial charge on any atom is -0.493 e. The first-order valence-corrected chi connectivity index (χ1v) is 5.29. The summed E-state index contributed by atoms with van der Waals surface area (Å²) in [5.41, 5.74) is -0.114. The zero-order chi connectivity index (χ0) is 12.7. The Kier molecular flexibility index (Phi) is 5.42. The molecule has 0 aliphatic carbocycles. The van der Waals surface area contributed by atoms with Gasteiger partial charge in [0, 0.05) is 19.8 Å². The Morgan fingerprint density at radius 1 is 1.29 bits per heavy atom. The predicted molar refractivity (Wildman–Crippen MR) is 60.0 cm³/mol. The van der Waals surface area contributed by atoms with Crippen LogP contribution in [0.1, 0.15) is 23.2 Å². The van der Waals surface area contributed by atoms with Crippen LogP contribution in [0, 0.1) is 5.82 Å². The summed E-state index contributed by atoms with van der Waals surface area (Å²) in [4.78, 5) is 10.7. The zero-order valence-corrected chi connectivity index (χ0v) is 9.61. The molecule has 0 atom stereocenters. The van der Waals surface area contributed by atoms with Crippen molar-refractivity contribution in [2.75, 3.05) is 20.3 Å². The first-order valence-electron chi connectivity index (χ1n) is 5.29. The zero-order valence-electron chi connectivity index (χ0n) is 9.61. The summed E-state index contributed by atoms with van der Waals surface area (Å²) in [7, 11) is 1.62. The van der Waals surface area contributed by atoms with Gasteiger partial charge in [-0.1, -0.05) is 0 Å². The Balaban J connectivity index is 2.50. The number of unbranched alkanes of at least 4 members (excludes halogenated alkanes) is 1. The Morgan fingerprint density at radius 2 is 2.00 bits per heavy atom. The third-order valence-corrected chi connectivity index (χ3v) is 2.13. The van der Waals surface area contributed by atoms with E-state index in [0.717, 1.165) is 18.9 Å². The van der Waals surface area contributed by atoms with Crippen LogP contribution >= 0.6 is 0 Å². The van der Waals surface area contributed by atoms with Gasteiger partial charge in [-0.15, -0.1) is 0 Å². The molecule has 0 aliphatic heterocycles. The Hall–Kier alpha value is -1.62. The largest absolute Gasteiger partial charge is 0.493 e. The quantitative estimate of drug-likeness (QED) is 0.745. The molecule has 0 radical (unpaired) electrons. The number of methoxy groups -OCH3 is 1. The van der Waals surface area contributed by atoms with E-state index in [4.69, 9.17) is 14.6 Å². The number of aromatic carboxylic acids is 1. The van der Waals surface area contributed by atoms with Gasteiger partial charge in [0.1, 0.15) is 11.6 Å². The average molecular weight is 242 g/mol. The second-order valence-corrected chi connectivity index (χ2v) is 3.53. The summed E-state index contributed by atoms with van der Waals surface area (Å²) in [6, 6.07) is 3.44. The summed E-state index contributed by atoms with van der Waals surface area (Å²) in [5, 5.41) is 8.74. The number of benzene rings is 1. The molecule has 1 aromatic carbocycles. The normalized spacial score (nSPS) is 10.2. The molecule has 5 heteroatoms. The van der Waals surface area contributed by atoms with Crippen molar-refractivity contribution < 1.29 is 23.8 Å². The van der Waals surface area contributed by atoms with E-state index in [2.05, 4.69) is 0 Å². The molecule has 17 heavy (non-hydrogen) atoms. The van der Waals surface area contributed by atoms with Crippen molar-refractivity contribution in [1.82, 2.24) is 0 Å². The predicted octanol–water partition coefficient (Wildman–Crippen LogP) is 2.33. The molecule has 1 N–H and O–H groups in total. The fraction of sp³-hybridized carbons (Fsp3) is 0.417. The van der Waals surface area contributed by atoms with E-state index in [1.54, 1.807) is 7.11 Å². The van der Waals surface area contributed by atoms with Crippen LogP contribution < -0.4 is 4.74 Å². The number of hydrogen-bond donors (Lipinski definition) is 1. The minimum absolute atomic E-state index is 0.114. The molecule has 1 rings (SSSR count). The standard InChI is InChI=1S/C12H15FO4/c1-16-4-2-3-5-17-11-7-9(12(14)15)6-10(13)8-11/h6-8H,2-5H2,1H3,(H,14,15). The van der Waals surface area contributed by atoms with Crippen LogP contribution in [-0.4, -0.2) is 31.4 Å². The molecule has 0 spiro atoms. The number of carbonyl (C=O) groups is 1. The molecular weight excluding hydrogens is 227 g/mol. The van der Waals surface area contributed by atoms with Gasteiger partial charge in [-0.05, 0) is 25.0 Å². The lowest BCUT2D eigenvalue weighted by molar-refractivity contribution is 0.0695. The molecule has 0 heterocycles. The molecule has 0 aromatic heterocycles. The van der Waals surface area contributed by atoms with E-state index in [9.17, 15) is 9.18 Å². The summed E-state index contributed by atoms with van der Waals surface area (Å²) in [6.45, 7) is 1.05. The fourth-order valence-corrected chi connectivity index (χ4v) is 1.31. The molecular formula is C12H15FO4. The number of ether oxygens (including phenoxy) is 2. The molecule has 0 saturated heterocycles. The molecule has 0 bridgehead atoms. The van der Waals surface area contributed by atoms with E-state index in [-0.39, 0.29) is 11.3 Å². The second-order valence-electron chi connectivity index (χ2n) is 3.53. The van der Waals surface area contributed by atoms with E-state index < -0.39 is 11.8 Å². The van der Waals surface area contributed by atoms with Crippen LogP contribution in [-0.2, 0) is 4.74 Å². The van der Waals surface area contributed by atoms with Gasteiger partial charge in [0.2, 0.25) is 0 Å². The molecule has 0 fully saturated rings. The average Bonchev–Trinajstić information content (AvgIpc) is 2.28. The highest BCUT2D eigenvalue weighted by Crippen LogP contribution is 2.16. The lowest BCUT2D eigenvalue weighted by atomic mass is 10.2. The topological polar surface area (TPSA) is 55.8 Å². The number of halogens is 1. The van der Waals surface area contributed by atoms with Crippen LogP contribution in [0.2, 0.25) is 0 Å². The highest BCUT2D eigenvalue weighted by atomic mass is 19.1. The molecule has 0 amide bonds. The number of carboxylic acids is 1. The van der Waals surface area contributed by atoms with Gasteiger partial charge in [0.25, 0.3) is 0 Å². The Morgan fingerprint density at radius 3 is 2.65 bits per heavy atom. The lowest BCUT2D eigenvalue weighted by Crippen LogP contribution is -2.02. The van der Waals surface area contributed by atoms with Crippen LogP contribution in [0.15, 0.2) is 18.2 Å². The Labute approximate surface area is 99.0 Å². The van der Waals surface area contributed by atoms with Crippen molar-refractivity contribution >= 4 is 5.97 Å². The van der Waals surface area contributed by atoms with Gasteiger partial charge in [-0.2, -0.15) is 0 Å². The highest BCUT2D eigenvalue weighted by molar-refractivity contribution is 5.88. The maximum Gasteiger partial charge on any atom is 0.335 e. The lowest BCUT2D eigenvalue weighted by Gasteiger charge is -2.07. The first kappa shape index (κ1) is 13.4. The smallest absolute Gasteiger partial charge is 0.335 e. The maximum absolute atomic E-state index is 13.1. The van der Waals surface area contributed by atoms with Crippen LogP contribution in [0.5, 0.6) is 5.75 Å². The van der Waals surface area contributed by atoms with Crippen LogP contribution in [0.25, 0.3) is 0 Å². The number of hydrogen-bond acceptors (Lipinski definition) is 3. The van der Waals surface area contributed by atoms with Crippen molar-refractivity contribution in [1.29, 1.82) is 0 Å². The van der Waals surface area contributed by atoms with Crippen LogP contribution in [0.3, 0.4) is 0 Å². The highest BCUT2D eigenvalue weighted by Gasteiger charge is 2.07. The van der Waals surface area contributed by atoms with Gasteiger partial charge in [0.15, 0.2) is 0 Å². The maximum atomic E-state index is 13.1. The van der Waals surface area contributed by atoms with Crippen molar-refractivity contribution in [3.8, 4) is 5.75 Å². The van der Waals surface area contributed by atoms with Crippen molar-refractivity contribution in [2.24, 2.45) is 0 Å². The molecule has 4 nitrogen and oxygen atoms in total. The van der Waals surface area contributed by atoms with Gasteiger partial charge >= 0.3 is 5.97 Å². The van der Waals surface area contributed by atoms with Gasteiger partial charge in [-0.3, -0.25) is 0 Å². The van der Waals surface area contributed by atoms with E-state index in [0.29, 0.717) is 13.2 Å². The SMILES string of the molecule is COCCCCOc1cc(F)cc(C(=O)O)c1. The van der Waals surface area contributed by atoms with Crippen LogP contribution in [0.4, 0.5) is 4.39 Å². The molecule has 0 unspecified atom stereocenters. The van der Waals surface area contributed by atoms with Crippen molar-refractivity contribution in [2.45, 2.75) is 12.8 Å². The third-order valence-electron chi connectivity index (χ3n) is 2.13. The second kappa shape index (κ2) is 6.85. The molecule has 0 aliphatic rings. The summed E-state index contributed by atoms with van der Waals surface area (Å²) < 4.78 is 23.2. The van der Waals surface area contributed by atoms with E-state index >= 15 is 0 Å². The fourth-order valence-electron chi connectivity index (χ4n) is 1.31. The van der Waals surface area contributed by atoms with Gasteiger partial charge < -0.3 is 14.6 Å². The van der Waals surface area contributed by atoms with Gasteiger partial charge in [0.05, 0.1) is 12.2 Å². The Bertz CT molecular complexity index is 379. The molecule has 1 aromatic rings. The molecule has 0 saturated carbocycles. The number of carboxylic acid groups (broad SMARTS) is 1. The van der Waals surface area contributed by atoms with Crippen molar-refractivity contribution in [3.63, 3.8) is 0 Å². The van der Waals surface area contributed by atoms with E-state index in [1.807, 2.05) is 0 Å². The summed E-state index contributed by atoms with van der Waals surface area (Å²) in [5.74, 6) is -1.55. The minimum atomic E-state index is -1.17. The summed E-state index contributed by atoms with van der Waals surface area (Å²) in [6.07, 6.45) is 1.62. The van der Waals surface area contributed by atoms with Gasteiger partial charge in [-0.25, -0.2) is 9.18 Å².